The van der Waals surface area contributed by atoms with Crippen LogP contribution in [0.3, 0.4) is 0 Å². The Morgan fingerprint density at radius 2 is 1.90 bits per heavy atom. The molecule has 7 nitrogen and oxygen atoms in total. The molecular formula is C27H34Cl2F3N7S. The Labute approximate surface area is 246 Å². The summed E-state index contributed by atoms with van der Waals surface area (Å²) in [6, 6.07) is 4.30. The number of aromatic nitrogens is 4. The zero-order chi connectivity index (χ0) is 28.6. The maximum atomic E-state index is 13.9. The molecule has 13 heteroatoms. The molecule has 0 amide bonds. The van der Waals surface area contributed by atoms with Crippen LogP contribution in [0.4, 0.5) is 19.0 Å². The van der Waals surface area contributed by atoms with Crippen LogP contribution in [0.1, 0.15) is 50.9 Å². The molecule has 5 rings (SSSR count). The maximum Gasteiger partial charge on any atom is 0.437 e. The van der Waals surface area contributed by atoms with Gasteiger partial charge in [-0.2, -0.15) is 18.3 Å². The molecule has 2 aromatic heterocycles. The van der Waals surface area contributed by atoms with Gasteiger partial charge in [0.25, 0.3) is 0 Å². The molecule has 2 fully saturated rings. The molecule has 0 aliphatic carbocycles. The van der Waals surface area contributed by atoms with E-state index in [0.717, 1.165) is 39.3 Å². The van der Waals surface area contributed by atoms with Gasteiger partial charge in [0, 0.05) is 48.0 Å². The molecule has 2 aliphatic heterocycles. The second kappa shape index (κ2) is 12.2. The van der Waals surface area contributed by atoms with E-state index in [-0.39, 0.29) is 11.2 Å². The number of piperidine rings is 1. The average molecular weight is 617 g/mol. The zero-order valence-electron chi connectivity index (χ0n) is 22.8. The Kier molecular flexibility index (Phi) is 9.06. The van der Waals surface area contributed by atoms with Crippen molar-refractivity contribution in [2.24, 2.45) is 11.8 Å². The zero-order valence-corrected chi connectivity index (χ0v) is 25.1. The number of rotatable bonds is 9. The summed E-state index contributed by atoms with van der Waals surface area (Å²) in [7, 11) is 0. The van der Waals surface area contributed by atoms with E-state index in [0.29, 0.717) is 38.5 Å². The predicted octanol–water partition coefficient (Wildman–Crippen LogP) is 6.56. The van der Waals surface area contributed by atoms with Crippen LogP contribution in [-0.4, -0.2) is 69.2 Å². The third-order valence-electron chi connectivity index (χ3n) is 7.73. The highest BCUT2D eigenvalue weighted by Crippen LogP contribution is 2.38. The molecule has 4 heterocycles. The van der Waals surface area contributed by atoms with Crippen LogP contribution in [0.2, 0.25) is 10.0 Å². The third-order valence-corrected chi connectivity index (χ3v) is 9.13. The van der Waals surface area contributed by atoms with Crippen LogP contribution in [-0.2, 0) is 6.18 Å². The van der Waals surface area contributed by atoms with Gasteiger partial charge in [0.15, 0.2) is 11.3 Å². The van der Waals surface area contributed by atoms with Crippen LogP contribution in [0.15, 0.2) is 24.4 Å². The maximum absolute atomic E-state index is 13.9. The Morgan fingerprint density at radius 3 is 2.60 bits per heavy atom. The van der Waals surface area contributed by atoms with E-state index in [1.165, 1.54) is 23.7 Å². The second-order valence-corrected chi connectivity index (χ2v) is 13.3. The third kappa shape index (κ3) is 6.48. The number of benzene rings is 1. The van der Waals surface area contributed by atoms with E-state index in [2.05, 4.69) is 43.4 Å². The Balaban J connectivity index is 1.31. The highest BCUT2D eigenvalue weighted by Gasteiger charge is 2.40. The molecule has 0 spiro atoms. The van der Waals surface area contributed by atoms with Crippen molar-refractivity contribution in [3.63, 3.8) is 0 Å². The number of hydrogen-bond donors (Lipinski definition) is 1. The molecule has 2 saturated heterocycles. The highest BCUT2D eigenvalue weighted by atomic mass is 35.5. The van der Waals surface area contributed by atoms with Crippen LogP contribution in [0, 0.1) is 11.8 Å². The Hall–Kier alpha value is -1.79. The highest BCUT2D eigenvalue weighted by molar-refractivity contribution is 7.97. The number of halogens is 5. The van der Waals surface area contributed by atoms with Gasteiger partial charge in [-0.15, -0.1) is 0 Å². The van der Waals surface area contributed by atoms with Crippen LogP contribution < -0.4 is 9.62 Å². The second-order valence-electron chi connectivity index (χ2n) is 11.0. The molecule has 3 aromatic rings. The molecule has 40 heavy (non-hydrogen) atoms. The van der Waals surface area contributed by atoms with Crippen molar-refractivity contribution in [2.45, 2.75) is 51.1 Å². The summed E-state index contributed by atoms with van der Waals surface area (Å²) in [4.78, 5) is 13.5. The van der Waals surface area contributed by atoms with Crippen molar-refractivity contribution in [1.29, 1.82) is 0 Å². The minimum absolute atomic E-state index is 0.0856. The monoisotopic (exact) mass is 615 g/mol. The van der Waals surface area contributed by atoms with Gasteiger partial charge in [-0.1, -0.05) is 55.1 Å². The smallest absolute Gasteiger partial charge is 0.355 e. The van der Waals surface area contributed by atoms with Crippen molar-refractivity contribution in [3.05, 3.63) is 45.7 Å². The topological polar surface area (TPSA) is 62.1 Å². The fourth-order valence-electron chi connectivity index (χ4n) is 5.59. The lowest BCUT2D eigenvalue weighted by Gasteiger charge is -2.47. The molecular weight excluding hydrogens is 582 g/mol. The first kappa shape index (κ1) is 29.7. The summed E-state index contributed by atoms with van der Waals surface area (Å²) in [6.07, 6.45) is -0.838. The average Bonchev–Trinajstić information content (AvgIpc) is 3.25. The predicted molar refractivity (Wildman–Crippen MR) is 156 cm³/mol. The van der Waals surface area contributed by atoms with Crippen molar-refractivity contribution >= 4 is 52.1 Å². The number of fused-ring (bicyclic) bond motifs is 1. The number of likely N-dealkylation sites (tertiary alicyclic amines) is 1. The van der Waals surface area contributed by atoms with Crippen molar-refractivity contribution < 1.29 is 13.2 Å². The summed E-state index contributed by atoms with van der Waals surface area (Å²) in [5, 5.41) is 5.28. The van der Waals surface area contributed by atoms with Gasteiger partial charge in [-0.25, -0.2) is 14.6 Å². The molecule has 2 unspecified atom stereocenters. The van der Waals surface area contributed by atoms with E-state index in [1.807, 2.05) is 0 Å². The van der Waals surface area contributed by atoms with Crippen LogP contribution >= 0.6 is 35.1 Å². The lowest BCUT2D eigenvalue weighted by Crippen LogP contribution is -2.54. The number of anilines is 1. The molecule has 0 bridgehead atoms. The molecule has 218 valence electrons. The molecule has 2 aliphatic rings. The summed E-state index contributed by atoms with van der Waals surface area (Å²) in [5.74, 6) is 1.70. The number of nitrogens with zero attached hydrogens (tertiary/aromatic N) is 6. The largest absolute Gasteiger partial charge is 0.437 e. The van der Waals surface area contributed by atoms with Gasteiger partial charge < -0.3 is 9.80 Å². The minimum Gasteiger partial charge on any atom is -0.355 e. The molecule has 1 aromatic carbocycles. The van der Waals surface area contributed by atoms with Gasteiger partial charge in [0.05, 0.1) is 12.2 Å². The molecule has 2 atom stereocenters. The Morgan fingerprint density at radius 1 is 1.12 bits per heavy atom. The summed E-state index contributed by atoms with van der Waals surface area (Å²) < 4.78 is 46.4. The molecule has 0 radical (unpaired) electrons. The summed E-state index contributed by atoms with van der Waals surface area (Å²) >= 11 is 14.2. The number of hydrogen-bond acceptors (Lipinski definition) is 7. The summed E-state index contributed by atoms with van der Waals surface area (Å²) in [6.45, 7) is 11.9. The minimum atomic E-state index is -4.67. The normalized spacial score (nSPS) is 19.9. The van der Waals surface area contributed by atoms with Gasteiger partial charge in [0.2, 0.25) is 0 Å². The van der Waals surface area contributed by atoms with E-state index >= 15 is 0 Å². The van der Waals surface area contributed by atoms with Crippen molar-refractivity contribution in [3.8, 4) is 0 Å². The fraction of sp³-hybridized carbons (Fsp3) is 0.593. The van der Waals surface area contributed by atoms with E-state index < -0.39 is 17.9 Å². The van der Waals surface area contributed by atoms with Crippen LogP contribution in [0.25, 0.3) is 11.2 Å². The quantitative estimate of drug-likeness (QED) is 0.216. The standard InChI is InChI=1S/C27H34Cl2F3N7S/c1-16(2)40-34-8-10-37-9-4-5-18(13-37)19-14-38(15-19)23-12-33-24-25(27(30,31)32)36-39(26(24)35-23)17(3)21-7-6-20(28)11-22(21)29/h6-7,11-12,16-19,34H,4-5,8-10,13-15H2,1-3H3. The SMILES string of the molecule is CC(C)SNCCN1CCCC(C2CN(c3cnc4c(C(F)(F)F)nn(C(C)c5ccc(Cl)cc5Cl)c4n3)C2)C1. The van der Waals surface area contributed by atoms with E-state index in [9.17, 15) is 13.2 Å². The number of alkyl halides is 3. The van der Waals surface area contributed by atoms with Crippen molar-refractivity contribution in [1.82, 2.24) is 29.4 Å². The number of nitrogens with one attached hydrogen (secondary N) is 1. The van der Waals surface area contributed by atoms with Crippen molar-refractivity contribution in [2.75, 3.05) is 44.2 Å². The van der Waals surface area contributed by atoms with Gasteiger partial charge in [0.1, 0.15) is 11.3 Å². The lowest BCUT2D eigenvalue weighted by atomic mass is 9.80. The first-order valence-electron chi connectivity index (χ1n) is 13.6. The van der Waals surface area contributed by atoms with Crippen LogP contribution in [0.5, 0.6) is 0 Å². The van der Waals surface area contributed by atoms with Gasteiger partial charge in [-0.3, -0.25) is 4.72 Å². The first-order chi connectivity index (χ1) is 19.0. The Bertz CT molecular complexity index is 1330. The summed E-state index contributed by atoms with van der Waals surface area (Å²) in [5.41, 5.74) is -0.636. The molecule has 0 saturated carbocycles. The van der Waals surface area contributed by atoms with Gasteiger partial charge >= 0.3 is 6.18 Å². The first-order valence-corrected chi connectivity index (χ1v) is 15.3. The lowest BCUT2D eigenvalue weighted by molar-refractivity contribution is -0.140. The van der Waals surface area contributed by atoms with E-state index in [1.54, 1.807) is 37.1 Å². The molecule has 1 N–H and O–H groups in total. The van der Waals surface area contributed by atoms with Gasteiger partial charge in [-0.05, 0) is 55.8 Å². The fourth-order valence-corrected chi connectivity index (χ4v) is 6.70. The van der Waals surface area contributed by atoms with E-state index in [4.69, 9.17) is 23.2 Å².